The minimum absolute atomic E-state index is 0.0886. The number of unbranched alkanes of at least 4 members (excludes halogenated alkanes) is 1. The van der Waals surface area contributed by atoms with Crippen molar-refractivity contribution in [2.75, 3.05) is 29.9 Å². The zero-order valence-corrected chi connectivity index (χ0v) is 28.5. The van der Waals surface area contributed by atoms with Gasteiger partial charge in [-0.2, -0.15) is 26.3 Å². The second kappa shape index (κ2) is 18.8. The van der Waals surface area contributed by atoms with Gasteiger partial charge in [-0.15, -0.1) is 0 Å². The van der Waals surface area contributed by atoms with Crippen LogP contribution in [0.15, 0.2) is 73.1 Å². The van der Waals surface area contributed by atoms with Crippen LogP contribution in [0.25, 0.3) is 0 Å². The summed E-state index contributed by atoms with van der Waals surface area (Å²) in [4.78, 5) is 41.6. The molecular weight excluding hydrogens is 690 g/mol. The van der Waals surface area contributed by atoms with E-state index < -0.39 is 23.7 Å². The van der Waals surface area contributed by atoms with E-state index in [1.807, 2.05) is 11.8 Å². The summed E-state index contributed by atoms with van der Waals surface area (Å²) in [5.41, 5.74) is 0.466. The fraction of sp³-hybridized carbons (Fsp3) is 0.389. The molecule has 4 aromatic rings. The largest absolute Gasteiger partial charge is 0.433 e. The molecule has 0 spiro atoms. The molecule has 0 atom stereocenters. The van der Waals surface area contributed by atoms with Crippen molar-refractivity contribution in [1.82, 2.24) is 30.6 Å². The number of nitrogens with one attached hydrogen (secondary N) is 3. The van der Waals surface area contributed by atoms with Crippen molar-refractivity contribution in [3.63, 3.8) is 0 Å². The minimum atomic E-state index is -4.51. The summed E-state index contributed by atoms with van der Waals surface area (Å²) < 4.78 is 77.6. The van der Waals surface area contributed by atoms with Crippen molar-refractivity contribution in [1.29, 1.82) is 0 Å². The Hall–Kier alpha value is -5.28. The van der Waals surface area contributed by atoms with Crippen LogP contribution in [0, 0.1) is 0 Å². The van der Waals surface area contributed by atoms with Crippen molar-refractivity contribution in [3.8, 4) is 0 Å². The number of aromatic nitrogens is 4. The van der Waals surface area contributed by atoms with Crippen LogP contribution in [0.4, 0.5) is 38.0 Å². The van der Waals surface area contributed by atoms with Crippen molar-refractivity contribution < 1.29 is 35.9 Å². The molecule has 16 heteroatoms. The topological polar surface area (TPSA) is 125 Å². The Labute approximate surface area is 297 Å². The minimum Gasteiger partial charge on any atom is -0.370 e. The molecule has 278 valence electrons. The Morgan fingerprint density at radius 1 is 0.712 bits per heavy atom. The first-order chi connectivity index (χ1) is 24.8. The van der Waals surface area contributed by atoms with Gasteiger partial charge in [0.05, 0.1) is 12.8 Å². The third kappa shape index (κ3) is 12.5. The maximum Gasteiger partial charge on any atom is 0.433 e. The van der Waals surface area contributed by atoms with Gasteiger partial charge in [-0.1, -0.05) is 37.6 Å². The number of rotatable bonds is 13. The number of anilines is 2. The fourth-order valence-electron chi connectivity index (χ4n) is 5.15. The molecule has 0 bridgehead atoms. The smallest absolute Gasteiger partial charge is 0.370 e. The molecule has 1 aliphatic rings. The highest BCUT2D eigenvalue weighted by molar-refractivity contribution is 5.78. The maximum absolute atomic E-state index is 13.0. The van der Waals surface area contributed by atoms with Gasteiger partial charge in [-0.25, -0.2) is 9.97 Å². The van der Waals surface area contributed by atoms with Crippen molar-refractivity contribution >= 4 is 23.5 Å². The van der Waals surface area contributed by atoms with E-state index in [-0.39, 0.29) is 43.6 Å². The monoisotopic (exact) mass is 730 g/mol. The van der Waals surface area contributed by atoms with Crippen LogP contribution in [0.3, 0.4) is 0 Å². The molecule has 0 unspecified atom stereocenters. The summed E-state index contributed by atoms with van der Waals surface area (Å²) in [5, 5.41) is 8.36. The Kier molecular flexibility index (Phi) is 14.3. The molecule has 0 aromatic carbocycles. The molecule has 52 heavy (non-hydrogen) atoms. The van der Waals surface area contributed by atoms with Gasteiger partial charge < -0.3 is 20.9 Å². The molecular formula is C36H40F6N8O2. The van der Waals surface area contributed by atoms with Crippen LogP contribution in [-0.2, 0) is 47.9 Å². The van der Waals surface area contributed by atoms with Crippen LogP contribution in [0.1, 0.15) is 66.5 Å². The number of carbonyl (C=O) groups excluding carboxylic acids is 2. The van der Waals surface area contributed by atoms with E-state index in [1.54, 1.807) is 48.8 Å². The first-order valence-electron chi connectivity index (χ1n) is 16.8. The lowest BCUT2D eigenvalue weighted by atomic mass is 10.2. The van der Waals surface area contributed by atoms with Crippen LogP contribution in [0.5, 0.6) is 0 Å². The molecule has 0 saturated carbocycles. The van der Waals surface area contributed by atoms with E-state index in [0.717, 1.165) is 37.8 Å². The average molecular weight is 731 g/mol. The number of nitrogens with zero attached hydrogens (tertiary/aromatic N) is 5. The molecule has 5 rings (SSSR count). The summed E-state index contributed by atoms with van der Waals surface area (Å²) in [6, 6.07) is 15.2. The highest BCUT2D eigenvalue weighted by atomic mass is 19.4. The van der Waals surface area contributed by atoms with E-state index in [2.05, 4.69) is 35.9 Å². The van der Waals surface area contributed by atoms with Crippen molar-refractivity contribution in [2.24, 2.45) is 0 Å². The highest BCUT2D eigenvalue weighted by Gasteiger charge is 2.34. The fourth-order valence-corrected chi connectivity index (χ4v) is 5.15. The summed E-state index contributed by atoms with van der Waals surface area (Å²) in [5.74, 6) is -0.0547. The summed E-state index contributed by atoms with van der Waals surface area (Å²) in [6.45, 7) is 4.06. The normalized spacial score (nSPS) is 12.9. The average Bonchev–Trinajstić information content (AvgIpc) is 3.66. The van der Waals surface area contributed by atoms with Gasteiger partial charge in [-0.3, -0.25) is 19.6 Å². The van der Waals surface area contributed by atoms with Crippen molar-refractivity contribution in [3.05, 3.63) is 107 Å². The Morgan fingerprint density at radius 3 is 1.73 bits per heavy atom. The lowest BCUT2D eigenvalue weighted by molar-refractivity contribution is -0.141. The van der Waals surface area contributed by atoms with Crippen molar-refractivity contribution in [2.45, 2.75) is 70.9 Å². The first-order valence-corrected chi connectivity index (χ1v) is 16.8. The van der Waals surface area contributed by atoms with Gasteiger partial charge in [-0.05, 0) is 55.7 Å². The van der Waals surface area contributed by atoms with Crippen LogP contribution < -0.4 is 20.9 Å². The van der Waals surface area contributed by atoms with Gasteiger partial charge in [0.15, 0.2) is 0 Å². The van der Waals surface area contributed by atoms with Gasteiger partial charge in [0.1, 0.15) is 23.0 Å². The lowest BCUT2D eigenvalue weighted by Gasteiger charge is -2.21. The Bertz CT molecular complexity index is 1730. The number of halogens is 6. The molecule has 0 radical (unpaired) electrons. The molecule has 1 aliphatic heterocycles. The standard InChI is InChI=1S/C18H19F3N4O.C18H21F3N4O/c19-18(20,21)15-7-6-13(17(24-15)25-9-3-4-10-25)12-23-16(26)11-14-5-1-2-8-22-14;1-2-3-9-23-17-13(7-8-15(25-17)18(19,20)21)12-24-16(26)11-14-6-4-5-10-22-14/h1-2,5-8H,3-4,9-12H2,(H,23,26);4-8,10H,2-3,9,11-12H2,1H3,(H,23,25)(H,24,26). The number of alkyl halides is 6. The van der Waals surface area contributed by atoms with Crippen LogP contribution in [-0.4, -0.2) is 51.4 Å². The number of carbonyl (C=O) groups is 2. The Balaban J connectivity index is 0.000000233. The Morgan fingerprint density at radius 2 is 1.23 bits per heavy atom. The first kappa shape index (κ1) is 39.5. The zero-order chi connectivity index (χ0) is 37.6. The van der Waals surface area contributed by atoms with E-state index >= 15 is 0 Å². The van der Waals surface area contributed by atoms with Gasteiger partial charge in [0.25, 0.3) is 0 Å². The number of pyridine rings is 4. The van der Waals surface area contributed by atoms with Gasteiger partial charge in [0.2, 0.25) is 11.8 Å². The van der Waals surface area contributed by atoms with E-state index in [9.17, 15) is 35.9 Å². The number of hydrogen-bond donors (Lipinski definition) is 3. The maximum atomic E-state index is 13.0. The molecule has 2 amide bonds. The van der Waals surface area contributed by atoms with E-state index in [0.29, 0.717) is 48.0 Å². The summed E-state index contributed by atoms with van der Waals surface area (Å²) in [6.07, 6.45) is -2.02. The predicted octanol–water partition coefficient (Wildman–Crippen LogP) is 6.52. The highest BCUT2D eigenvalue weighted by Crippen LogP contribution is 2.32. The number of amides is 2. The zero-order valence-electron chi connectivity index (χ0n) is 28.5. The second-order valence-corrected chi connectivity index (χ2v) is 11.9. The lowest BCUT2D eigenvalue weighted by Crippen LogP contribution is -2.28. The molecule has 1 fully saturated rings. The molecule has 1 saturated heterocycles. The van der Waals surface area contributed by atoms with Gasteiger partial charge >= 0.3 is 12.4 Å². The van der Waals surface area contributed by atoms with Crippen LogP contribution >= 0.6 is 0 Å². The van der Waals surface area contributed by atoms with Crippen LogP contribution in [0.2, 0.25) is 0 Å². The number of hydrogen-bond acceptors (Lipinski definition) is 8. The summed E-state index contributed by atoms with van der Waals surface area (Å²) >= 11 is 0. The molecule has 4 aromatic heterocycles. The van der Waals surface area contributed by atoms with Gasteiger partial charge in [0, 0.05) is 67.6 Å². The predicted molar refractivity (Wildman–Crippen MR) is 183 cm³/mol. The van der Waals surface area contributed by atoms with E-state index in [1.165, 1.54) is 12.1 Å². The summed E-state index contributed by atoms with van der Waals surface area (Å²) in [7, 11) is 0. The molecule has 3 N–H and O–H groups in total. The molecule has 10 nitrogen and oxygen atoms in total. The quantitative estimate of drug-likeness (QED) is 0.105. The SMILES string of the molecule is CCCCNc1nc(C(F)(F)F)ccc1CNC(=O)Cc1ccccn1.O=C(Cc1ccccn1)NCc1ccc(C(F)(F)F)nc1N1CCCC1. The second-order valence-electron chi connectivity index (χ2n) is 11.9. The molecule has 0 aliphatic carbocycles. The van der Waals surface area contributed by atoms with E-state index in [4.69, 9.17) is 0 Å². The molecule has 5 heterocycles. The third-order valence-corrected chi connectivity index (χ3v) is 7.83. The third-order valence-electron chi connectivity index (χ3n) is 7.83.